The van der Waals surface area contributed by atoms with Crippen LogP contribution in [0.4, 0.5) is 0 Å². The van der Waals surface area contributed by atoms with Gasteiger partial charge in [0.1, 0.15) is 0 Å². The molecule has 0 aromatic heterocycles. The summed E-state index contributed by atoms with van der Waals surface area (Å²) in [5.41, 5.74) is 1.06. The molecule has 3 unspecified atom stereocenters. The molecule has 0 aliphatic carbocycles. The number of carboxylic acids is 1. The summed E-state index contributed by atoms with van der Waals surface area (Å²) in [5, 5.41) is 10.5. The van der Waals surface area contributed by atoms with Crippen LogP contribution in [0.3, 0.4) is 0 Å². The van der Waals surface area contributed by atoms with Crippen molar-refractivity contribution >= 4 is 29.2 Å². The third-order valence-corrected chi connectivity index (χ3v) is 4.72. The summed E-state index contributed by atoms with van der Waals surface area (Å²) in [6.07, 6.45) is 2.85. The molecule has 3 atom stereocenters. The molecule has 1 aromatic rings. The monoisotopic (exact) mass is 299 g/mol. The zero-order valence-electron chi connectivity index (χ0n) is 10.4. The first-order valence-electron chi connectivity index (χ1n) is 6.48. The van der Waals surface area contributed by atoms with Crippen LogP contribution >= 0.6 is 23.2 Å². The van der Waals surface area contributed by atoms with E-state index in [0.717, 1.165) is 31.4 Å². The number of carbonyl (C=O) groups is 1. The van der Waals surface area contributed by atoms with Crippen LogP contribution in [-0.4, -0.2) is 28.1 Å². The molecule has 2 aliphatic heterocycles. The molecule has 5 heteroatoms. The van der Waals surface area contributed by atoms with E-state index in [1.54, 1.807) is 6.07 Å². The molecule has 2 saturated heterocycles. The Hall–Kier alpha value is -0.770. The van der Waals surface area contributed by atoms with Crippen molar-refractivity contribution in [2.24, 2.45) is 5.92 Å². The highest BCUT2D eigenvalue weighted by molar-refractivity contribution is 6.34. The summed E-state index contributed by atoms with van der Waals surface area (Å²) >= 11 is 12.0. The van der Waals surface area contributed by atoms with Crippen molar-refractivity contribution in [3.8, 4) is 0 Å². The van der Waals surface area contributed by atoms with Gasteiger partial charge in [-0.15, -0.1) is 0 Å². The van der Waals surface area contributed by atoms with Crippen molar-refractivity contribution < 1.29 is 9.90 Å². The number of nitrogens with zero attached hydrogens (tertiary/aromatic N) is 1. The number of carboxylic acid groups (broad SMARTS) is 1. The quantitative estimate of drug-likeness (QED) is 0.929. The number of hydrogen-bond donors (Lipinski definition) is 1. The lowest BCUT2D eigenvalue weighted by molar-refractivity contribution is -0.142. The van der Waals surface area contributed by atoms with Crippen LogP contribution in [0, 0.1) is 5.92 Å². The Bertz CT molecular complexity index is 500. The Balaban J connectivity index is 1.79. The van der Waals surface area contributed by atoms with E-state index in [-0.39, 0.29) is 12.0 Å². The van der Waals surface area contributed by atoms with Gasteiger partial charge in [0.15, 0.2) is 0 Å². The van der Waals surface area contributed by atoms with E-state index in [2.05, 4.69) is 4.90 Å². The van der Waals surface area contributed by atoms with Crippen molar-refractivity contribution in [1.29, 1.82) is 0 Å². The molecule has 2 bridgehead atoms. The van der Waals surface area contributed by atoms with Crippen molar-refractivity contribution in [3.63, 3.8) is 0 Å². The van der Waals surface area contributed by atoms with E-state index in [1.807, 2.05) is 12.1 Å². The van der Waals surface area contributed by atoms with E-state index in [0.29, 0.717) is 16.1 Å². The van der Waals surface area contributed by atoms with E-state index < -0.39 is 5.97 Å². The molecular weight excluding hydrogens is 285 g/mol. The fraction of sp³-hybridized carbons (Fsp3) is 0.500. The molecule has 2 fully saturated rings. The molecule has 3 rings (SSSR count). The van der Waals surface area contributed by atoms with Gasteiger partial charge in [-0.1, -0.05) is 23.2 Å². The standard InChI is InChI=1S/C14H15Cl2NO2/c15-9-3-8(4-10(16)5-9)7-17-11-1-2-13(17)12(6-11)14(18)19/h3-5,11-13H,1-2,6-7H2,(H,18,19). The third-order valence-electron chi connectivity index (χ3n) is 4.29. The summed E-state index contributed by atoms with van der Waals surface area (Å²) < 4.78 is 0. The fourth-order valence-corrected chi connectivity index (χ4v) is 4.10. The van der Waals surface area contributed by atoms with Gasteiger partial charge in [0.25, 0.3) is 0 Å². The lowest BCUT2D eigenvalue weighted by Gasteiger charge is -2.23. The van der Waals surface area contributed by atoms with Crippen LogP contribution in [0.25, 0.3) is 0 Å². The third kappa shape index (κ3) is 2.47. The number of benzene rings is 1. The highest BCUT2D eigenvalue weighted by atomic mass is 35.5. The first kappa shape index (κ1) is 13.2. The molecule has 2 heterocycles. The Morgan fingerprint density at radius 2 is 1.95 bits per heavy atom. The molecule has 1 aromatic carbocycles. The maximum Gasteiger partial charge on any atom is 0.308 e. The van der Waals surface area contributed by atoms with Crippen molar-refractivity contribution in [1.82, 2.24) is 4.90 Å². The number of fused-ring (bicyclic) bond motifs is 2. The molecule has 3 nitrogen and oxygen atoms in total. The summed E-state index contributed by atoms with van der Waals surface area (Å²) in [6, 6.07) is 6.08. The first-order chi connectivity index (χ1) is 9.04. The molecule has 2 aliphatic rings. The predicted molar refractivity (Wildman–Crippen MR) is 74.6 cm³/mol. The fourth-order valence-electron chi connectivity index (χ4n) is 3.53. The number of halogens is 2. The van der Waals surface area contributed by atoms with Gasteiger partial charge in [0.05, 0.1) is 5.92 Å². The summed E-state index contributed by atoms with van der Waals surface area (Å²) in [6.45, 7) is 0.736. The number of hydrogen-bond acceptors (Lipinski definition) is 2. The number of rotatable bonds is 3. The average Bonchev–Trinajstić information content (AvgIpc) is 2.85. The molecule has 1 N–H and O–H groups in total. The summed E-state index contributed by atoms with van der Waals surface area (Å²) in [5.74, 6) is -0.880. The molecule has 0 amide bonds. The second kappa shape index (κ2) is 4.97. The highest BCUT2D eigenvalue weighted by Gasteiger charge is 2.48. The number of aliphatic carboxylic acids is 1. The highest BCUT2D eigenvalue weighted by Crippen LogP contribution is 2.42. The van der Waals surface area contributed by atoms with Crippen LogP contribution in [0.2, 0.25) is 10.0 Å². The normalized spacial score (nSPS) is 29.9. The predicted octanol–water partition coefficient (Wildman–Crippen LogP) is 3.43. The maximum atomic E-state index is 11.2. The summed E-state index contributed by atoms with van der Waals surface area (Å²) in [4.78, 5) is 13.5. The minimum Gasteiger partial charge on any atom is -0.481 e. The van der Waals surface area contributed by atoms with E-state index in [9.17, 15) is 9.90 Å². The SMILES string of the molecule is O=C(O)C1CC2CCC1N2Cc1cc(Cl)cc(Cl)c1. The lowest BCUT2D eigenvalue weighted by Crippen LogP contribution is -2.32. The molecule has 0 saturated carbocycles. The van der Waals surface area contributed by atoms with Gasteiger partial charge in [0, 0.05) is 28.7 Å². The van der Waals surface area contributed by atoms with Crippen molar-refractivity contribution in [2.45, 2.75) is 37.9 Å². The van der Waals surface area contributed by atoms with Crippen LogP contribution in [0.5, 0.6) is 0 Å². The molecule has 0 radical (unpaired) electrons. The van der Waals surface area contributed by atoms with E-state index in [1.165, 1.54) is 0 Å². The average molecular weight is 300 g/mol. The molecule has 19 heavy (non-hydrogen) atoms. The van der Waals surface area contributed by atoms with Gasteiger partial charge in [-0.05, 0) is 43.0 Å². The van der Waals surface area contributed by atoms with Gasteiger partial charge in [-0.25, -0.2) is 0 Å². The van der Waals surface area contributed by atoms with Crippen LogP contribution in [0.15, 0.2) is 18.2 Å². The van der Waals surface area contributed by atoms with Crippen LogP contribution in [-0.2, 0) is 11.3 Å². The summed E-state index contributed by atoms with van der Waals surface area (Å²) in [7, 11) is 0. The zero-order chi connectivity index (χ0) is 13.6. The smallest absolute Gasteiger partial charge is 0.308 e. The molecule has 0 spiro atoms. The van der Waals surface area contributed by atoms with Crippen molar-refractivity contribution in [2.75, 3.05) is 0 Å². The second-order valence-corrected chi connectivity index (χ2v) is 6.30. The van der Waals surface area contributed by atoms with Gasteiger partial charge in [-0.3, -0.25) is 9.69 Å². The molecular formula is C14H15Cl2NO2. The Morgan fingerprint density at radius 1 is 1.26 bits per heavy atom. The second-order valence-electron chi connectivity index (χ2n) is 5.43. The Morgan fingerprint density at radius 3 is 2.53 bits per heavy atom. The van der Waals surface area contributed by atoms with Gasteiger partial charge < -0.3 is 5.11 Å². The largest absolute Gasteiger partial charge is 0.481 e. The van der Waals surface area contributed by atoms with Gasteiger partial charge in [0.2, 0.25) is 0 Å². The maximum absolute atomic E-state index is 11.2. The minimum atomic E-state index is -0.665. The van der Waals surface area contributed by atoms with E-state index >= 15 is 0 Å². The van der Waals surface area contributed by atoms with Gasteiger partial charge >= 0.3 is 5.97 Å². The first-order valence-corrected chi connectivity index (χ1v) is 7.23. The minimum absolute atomic E-state index is 0.167. The molecule has 102 valence electrons. The van der Waals surface area contributed by atoms with Gasteiger partial charge in [-0.2, -0.15) is 0 Å². The topological polar surface area (TPSA) is 40.5 Å². The van der Waals surface area contributed by atoms with Crippen LogP contribution in [0.1, 0.15) is 24.8 Å². The van der Waals surface area contributed by atoms with Crippen LogP contribution < -0.4 is 0 Å². The Kier molecular flexibility index (Phi) is 3.46. The Labute approximate surface area is 122 Å². The zero-order valence-corrected chi connectivity index (χ0v) is 11.9. The lowest BCUT2D eigenvalue weighted by atomic mass is 9.89. The van der Waals surface area contributed by atoms with E-state index in [4.69, 9.17) is 23.2 Å². The van der Waals surface area contributed by atoms with Crippen molar-refractivity contribution in [3.05, 3.63) is 33.8 Å².